The van der Waals surface area contributed by atoms with Crippen molar-refractivity contribution in [3.05, 3.63) is 16.1 Å². The molecule has 100 valence electrons. The minimum absolute atomic E-state index is 0.416. The standard InChI is InChI=1S/C12H17Cl2N3S/c1-7-8(2)18-5-4-17(7)12-10(14)6-9(13)11(15-3)16-12/h6-8H,4-5H2,1-3H3,(H,15,16). The molecule has 2 unspecified atom stereocenters. The van der Waals surface area contributed by atoms with Crippen LogP contribution in [0.1, 0.15) is 13.8 Å². The van der Waals surface area contributed by atoms with E-state index in [1.54, 1.807) is 6.07 Å². The molecule has 0 radical (unpaired) electrons. The van der Waals surface area contributed by atoms with Crippen molar-refractivity contribution >= 4 is 46.6 Å². The molecule has 2 atom stereocenters. The Morgan fingerprint density at radius 3 is 2.78 bits per heavy atom. The van der Waals surface area contributed by atoms with Crippen LogP contribution in [-0.4, -0.2) is 35.6 Å². The molecule has 3 nitrogen and oxygen atoms in total. The predicted octanol–water partition coefficient (Wildman–Crippen LogP) is 3.76. The fraction of sp³-hybridized carbons (Fsp3) is 0.583. The van der Waals surface area contributed by atoms with Crippen molar-refractivity contribution in [2.45, 2.75) is 25.1 Å². The smallest absolute Gasteiger partial charge is 0.150 e. The van der Waals surface area contributed by atoms with E-state index < -0.39 is 0 Å². The number of rotatable bonds is 2. The van der Waals surface area contributed by atoms with Crippen LogP contribution >= 0.6 is 35.0 Å². The lowest BCUT2D eigenvalue weighted by molar-refractivity contribution is 0.621. The van der Waals surface area contributed by atoms with Crippen molar-refractivity contribution in [2.75, 3.05) is 29.6 Å². The molecular weight excluding hydrogens is 289 g/mol. The van der Waals surface area contributed by atoms with Gasteiger partial charge in [-0.1, -0.05) is 30.1 Å². The zero-order valence-corrected chi connectivity index (χ0v) is 13.0. The molecule has 1 fully saturated rings. The molecular formula is C12H17Cl2N3S. The highest BCUT2D eigenvalue weighted by molar-refractivity contribution is 8.00. The Morgan fingerprint density at radius 2 is 2.11 bits per heavy atom. The van der Waals surface area contributed by atoms with Gasteiger partial charge in [-0.2, -0.15) is 11.8 Å². The summed E-state index contributed by atoms with van der Waals surface area (Å²) in [6, 6.07) is 2.18. The van der Waals surface area contributed by atoms with Crippen LogP contribution in [0.5, 0.6) is 0 Å². The minimum atomic E-state index is 0.416. The average molecular weight is 306 g/mol. The number of anilines is 2. The first kappa shape index (κ1) is 14.1. The van der Waals surface area contributed by atoms with Gasteiger partial charge in [-0.05, 0) is 13.0 Å². The number of aromatic nitrogens is 1. The van der Waals surface area contributed by atoms with E-state index in [4.69, 9.17) is 23.2 Å². The summed E-state index contributed by atoms with van der Waals surface area (Å²) < 4.78 is 0. The molecule has 1 aromatic rings. The van der Waals surface area contributed by atoms with Gasteiger partial charge in [0.05, 0.1) is 10.0 Å². The molecule has 0 aliphatic carbocycles. The van der Waals surface area contributed by atoms with Crippen molar-refractivity contribution in [1.29, 1.82) is 0 Å². The Labute approximate surface area is 122 Å². The summed E-state index contributed by atoms with van der Waals surface area (Å²) in [6.45, 7) is 5.42. The zero-order valence-electron chi connectivity index (χ0n) is 10.7. The third-order valence-corrected chi connectivity index (χ3v) is 5.21. The van der Waals surface area contributed by atoms with Gasteiger partial charge in [0.15, 0.2) is 0 Å². The lowest BCUT2D eigenvalue weighted by Gasteiger charge is -2.38. The highest BCUT2D eigenvalue weighted by Crippen LogP contribution is 2.35. The van der Waals surface area contributed by atoms with Gasteiger partial charge in [-0.15, -0.1) is 0 Å². The molecule has 1 aliphatic rings. The normalized spacial score (nSPS) is 24.2. The summed E-state index contributed by atoms with van der Waals surface area (Å²) in [6.07, 6.45) is 0. The lowest BCUT2D eigenvalue weighted by Crippen LogP contribution is -2.45. The molecule has 0 aromatic carbocycles. The van der Waals surface area contributed by atoms with E-state index in [0.717, 1.165) is 18.1 Å². The third kappa shape index (κ3) is 2.65. The Balaban J connectivity index is 2.37. The Kier molecular flexibility index (Phi) is 4.51. The zero-order chi connectivity index (χ0) is 13.3. The second kappa shape index (κ2) is 5.76. The van der Waals surface area contributed by atoms with Gasteiger partial charge in [-0.3, -0.25) is 0 Å². The van der Waals surface area contributed by atoms with E-state index in [1.165, 1.54) is 0 Å². The molecule has 0 saturated carbocycles. The summed E-state index contributed by atoms with van der Waals surface area (Å²) in [7, 11) is 1.81. The van der Waals surface area contributed by atoms with Crippen LogP contribution in [0.25, 0.3) is 0 Å². The summed E-state index contributed by atoms with van der Waals surface area (Å²) >= 11 is 14.3. The quantitative estimate of drug-likeness (QED) is 0.900. The number of halogens is 2. The third-order valence-electron chi connectivity index (χ3n) is 3.30. The molecule has 6 heteroatoms. The van der Waals surface area contributed by atoms with E-state index in [9.17, 15) is 0 Å². The van der Waals surface area contributed by atoms with Crippen LogP contribution in [0.3, 0.4) is 0 Å². The second-order valence-corrected chi connectivity index (χ2v) is 6.68. The molecule has 1 aromatic heterocycles. The molecule has 1 saturated heterocycles. The molecule has 1 aliphatic heterocycles. The molecule has 2 rings (SSSR count). The van der Waals surface area contributed by atoms with Crippen molar-refractivity contribution in [3.63, 3.8) is 0 Å². The van der Waals surface area contributed by atoms with Gasteiger partial charge in [-0.25, -0.2) is 4.98 Å². The Bertz CT molecular complexity index is 442. The van der Waals surface area contributed by atoms with Crippen molar-refractivity contribution in [3.8, 4) is 0 Å². The number of hydrogen-bond donors (Lipinski definition) is 1. The number of nitrogens with zero attached hydrogens (tertiary/aromatic N) is 2. The Morgan fingerprint density at radius 1 is 1.39 bits per heavy atom. The van der Waals surface area contributed by atoms with Crippen LogP contribution in [0.2, 0.25) is 10.0 Å². The lowest BCUT2D eigenvalue weighted by atomic mass is 10.2. The molecule has 0 bridgehead atoms. The average Bonchev–Trinajstić information content (AvgIpc) is 2.34. The fourth-order valence-corrected chi connectivity index (χ4v) is 3.73. The number of hydrogen-bond acceptors (Lipinski definition) is 4. The van der Waals surface area contributed by atoms with Crippen LogP contribution in [0.15, 0.2) is 6.07 Å². The van der Waals surface area contributed by atoms with Gasteiger partial charge < -0.3 is 10.2 Å². The first-order valence-electron chi connectivity index (χ1n) is 5.96. The van der Waals surface area contributed by atoms with Crippen molar-refractivity contribution in [2.24, 2.45) is 0 Å². The fourth-order valence-electron chi connectivity index (χ4n) is 2.07. The first-order valence-corrected chi connectivity index (χ1v) is 7.77. The Hall–Kier alpha value is -0.320. The van der Waals surface area contributed by atoms with Crippen LogP contribution < -0.4 is 10.2 Å². The minimum Gasteiger partial charge on any atom is -0.372 e. The molecule has 2 heterocycles. The molecule has 0 spiro atoms. The largest absolute Gasteiger partial charge is 0.372 e. The van der Waals surface area contributed by atoms with Crippen LogP contribution in [0.4, 0.5) is 11.6 Å². The van der Waals surface area contributed by atoms with E-state index in [1.807, 2.05) is 18.8 Å². The molecule has 0 amide bonds. The topological polar surface area (TPSA) is 28.2 Å². The van der Waals surface area contributed by atoms with E-state index in [-0.39, 0.29) is 0 Å². The maximum absolute atomic E-state index is 6.28. The number of thioether (sulfide) groups is 1. The summed E-state index contributed by atoms with van der Waals surface area (Å²) in [5.41, 5.74) is 0. The van der Waals surface area contributed by atoms with Crippen molar-refractivity contribution in [1.82, 2.24) is 4.98 Å². The maximum atomic E-state index is 6.28. The number of pyridine rings is 1. The predicted molar refractivity (Wildman–Crippen MR) is 82.5 cm³/mol. The highest BCUT2D eigenvalue weighted by Gasteiger charge is 2.28. The van der Waals surface area contributed by atoms with Gasteiger partial charge in [0.2, 0.25) is 0 Å². The summed E-state index contributed by atoms with van der Waals surface area (Å²) in [5, 5.41) is 4.74. The maximum Gasteiger partial charge on any atom is 0.150 e. The van der Waals surface area contributed by atoms with Crippen LogP contribution in [0, 0.1) is 0 Å². The van der Waals surface area contributed by atoms with Gasteiger partial charge in [0, 0.05) is 30.6 Å². The van der Waals surface area contributed by atoms with E-state index in [0.29, 0.717) is 27.2 Å². The van der Waals surface area contributed by atoms with E-state index in [2.05, 4.69) is 29.0 Å². The van der Waals surface area contributed by atoms with Gasteiger partial charge in [0.1, 0.15) is 11.6 Å². The van der Waals surface area contributed by atoms with E-state index >= 15 is 0 Å². The highest BCUT2D eigenvalue weighted by atomic mass is 35.5. The molecule has 1 N–H and O–H groups in total. The SMILES string of the molecule is CNc1nc(N2CCSC(C)C2C)c(Cl)cc1Cl. The number of nitrogens with one attached hydrogen (secondary N) is 1. The van der Waals surface area contributed by atoms with Crippen LogP contribution in [-0.2, 0) is 0 Å². The summed E-state index contributed by atoms with van der Waals surface area (Å²) in [5.74, 6) is 2.60. The first-order chi connectivity index (χ1) is 8.54. The monoisotopic (exact) mass is 305 g/mol. The second-order valence-electron chi connectivity index (χ2n) is 4.38. The van der Waals surface area contributed by atoms with Gasteiger partial charge in [0.25, 0.3) is 0 Å². The summed E-state index contributed by atoms with van der Waals surface area (Å²) in [4.78, 5) is 6.81. The van der Waals surface area contributed by atoms with Crippen molar-refractivity contribution < 1.29 is 0 Å². The van der Waals surface area contributed by atoms with Gasteiger partial charge >= 0.3 is 0 Å². The molecule has 18 heavy (non-hydrogen) atoms.